The first-order chi connectivity index (χ1) is 9.56. The molecule has 2 N–H and O–H groups in total. The third kappa shape index (κ3) is 3.12. The molecule has 108 valence electrons. The van der Waals surface area contributed by atoms with Crippen molar-refractivity contribution in [2.75, 3.05) is 12.8 Å². The monoisotopic (exact) mass is 355 g/mol. The lowest BCUT2D eigenvalue weighted by Gasteiger charge is -2.08. The summed E-state index contributed by atoms with van der Waals surface area (Å²) in [4.78, 5) is 1.02. The second-order valence-corrected chi connectivity index (χ2v) is 6.19. The van der Waals surface area contributed by atoms with E-state index in [1.54, 1.807) is 18.9 Å². The van der Waals surface area contributed by atoms with E-state index in [9.17, 15) is 0 Å². The van der Waals surface area contributed by atoms with E-state index in [1.165, 1.54) is 0 Å². The maximum Gasteiger partial charge on any atom is 0.120 e. The number of halogens is 1. The molecule has 0 aliphatic carbocycles. The van der Waals surface area contributed by atoms with Crippen molar-refractivity contribution in [3.8, 4) is 5.75 Å². The molecule has 2 aromatic rings. The van der Waals surface area contributed by atoms with Gasteiger partial charge in [0, 0.05) is 23.4 Å². The summed E-state index contributed by atoms with van der Waals surface area (Å²) >= 11 is 5.32. The third-order valence-corrected chi connectivity index (χ3v) is 5.09. The first-order valence-corrected chi connectivity index (χ1v) is 8.11. The average molecular weight is 356 g/mol. The van der Waals surface area contributed by atoms with Gasteiger partial charge in [0.1, 0.15) is 5.75 Å². The van der Waals surface area contributed by atoms with Crippen LogP contribution in [-0.4, -0.2) is 16.9 Å². The molecule has 6 heteroatoms. The van der Waals surface area contributed by atoms with Crippen LogP contribution in [0.1, 0.15) is 18.3 Å². The van der Waals surface area contributed by atoms with Crippen LogP contribution >= 0.6 is 27.7 Å². The Labute approximate surface area is 131 Å². The molecule has 0 atom stereocenters. The standard InChI is InChI=1S/C14H18BrN3OS/c1-4-11-14(15)12(18(2)17-11)8-20-13-7-9(19-3)5-6-10(13)16/h5-7H,4,8,16H2,1-3H3. The quantitative estimate of drug-likeness (QED) is 0.657. The minimum absolute atomic E-state index is 0.768. The minimum Gasteiger partial charge on any atom is -0.497 e. The van der Waals surface area contributed by atoms with Crippen molar-refractivity contribution in [3.05, 3.63) is 34.1 Å². The maximum atomic E-state index is 6.01. The lowest BCUT2D eigenvalue weighted by molar-refractivity contribution is 0.414. The highest BCUT2D eigenvalue weighted by molar-refractivity contribution is 9.10. The number of thioether (sulfide) groups is 1. The number of hydrogen-bond donors (Lipinski definition) is 1. The van der Waals surface area contributed by atoms with Gasteiger partial charge in [0.2, 0.25) is 0 Å². The number of methoxy groups -OCH3 is 1. The second-order valence-electron chi connectivity index (χ2n) is 4.38. The van der Waals surface area contributed by atoms with E-state index in [0.29, 0.717) is 0 Å². The number of aryl methyl sites for hydroxylation is 2. The predicted molar refractivity (Wildman–Crippen MR) is 87.3 cm³/mol. The number of nitrogen functional groups attached to an aromatic ring is 1. The highest BCUT2D eigenvalue weighted by atomic mass is 79.9. The van der Waals surface area contributed by atoms with Gasteiger partial charge in [-0.25, -0.2) is 0 Å². The summed E-state index contributed by atoms with van der Waals surface area (Å²) in [6, 6.07) is 5.70. The second kappa shape index (κ2) is 6.54. The van der Waals surface area contributed by atoms with Gasteiger partial charge >= 0.3 is 0 Å². The summed E-state index contributed by atoms with van der Waals surface area (Å²) in [5.41, 5.74) is 9.02. The van der Waals surface area contributed by atoms with E-state index >= 15 is 0 Å². The summed E-state index contributed by atoms with van der Waals surface area (Å²) in [6.07, 6.45) is 0.917. The predicted octanol–water partition coefficient (Wildman–Crippen LogP) is 3.63. The lowest BCUT2D eigenvalue weighted by Crippen LogP contribution is -1.97. The zero-order chi connectivity index (χ0) is 14.7. The Balaban J connectivity index is 2.18. The van der Waals surface area contributed by atoms with Crippen LogP contribution in [0.2, 0.25) is 0 Å². The number of anilines is 1. The molecule has 0 unspecified atom stereocenters. The number of nitrogens with two attached hydrogens (primary N) is 1. The van der Waals surface area contributed by atoms with Gasteiger partial charge in [0.25, 0.3) is 0 Å². The number of nitrogens with zero attached hydrogens (tertiary/aromatic N) is 2. The van der Waals surface area contributed by atoms with Crippen LogP contribution in [0.25, 0.3) is 0 Å². The topological polar surface area (TPSA) is 53.1 Å². The molecule has 0 saturated heterocycles. The minimum atomic E-state index is 0.768. The fourth-order valence-electron chi connectivity index (χ4n) is 1.89. The Morgan fingerprint density at radius 2 is 2.20 bits per heavy atom. The lowest BCUT2D eigenvalue weighted by atomic mass is 10.3. The molecule has 0 aliphatic rings. The van der Waals surface area contributed by atoms with E-state index in [1.807, 2.05) is 29.9 Å². The van der Waals surface area contributed by atoms with Gasteiger partial charge in [-0.1, -0.05) is 6.92 Å². The van der Waals surface area contributed by atoms with Crippen LogP contribution in [0, 0.1) is 0 Å². The summed E-state index contributed by atoms with van der Waals surface area (Å²) in [5, 5.41) is 4.50. The summed E-state index contributed by atoms with van der Waals surface area (Å²) in [7, 11) is 3.62. The molecular weight excluding hydrogens is 338 g/mol. The van der Waals surface area contributed by atoms with Gasteiger partial charge in [-0.05, 0) is 40.5 Å². The molecule has 0 spiro atoms. The Hall–Kier alpha value is -1.14. The Bertz CT molecular complexity index is 613. The first-order valence-electron chi connectivity index (χ1n) is 6.33. The molecule has 0 fully saturated rings. The number of ether oxygens (including phenoxy) is 1. The summed E-state index contributed by atoms with van der Waals surface area (Å²) < 4.78 is 8.25. The van der Waals surface area contributed by atoms with E-state index < -0.39 is 0 Å². The van der Waals surface area contributed by atoms with Gasteiger partial charge in [-0.3, -0.25) is 4.68 Å². The summed E-state index contributed by atoms with van der Waals surface area (Å²) in [5.74, 6) is 1.63. The smallest absolute Gasteiger partial charge is 0.120 e. The van der Waals surface area contributed by atoms with Gasteiger partial charge in [0.15, 0.2) is 0 Å². The van der Waals surface area contributed by atoms with Gasteiger partial charge in [-0.2, -0.15) is 5.10 Å². The van der Waals surface area contributed by atoms with E-state index in [2.05, 4.69) is 28.0 Å². The highest BCUT2D eigenvalue weighted by Crippen LogP contribution is 2.33. The molecule has 0 bridgehead atoms. The molecule has 1 aromatic heterocycles. The molecule has 0 amide bonds. The third-order valence-electron chi connectivity index (χ3n) is 3.09. The molecule has 1 aromatic carbocycles. The van der Waals surface area contributed by atoms with Crippen LogP contribution in [-0.2, 0) is 19.2 Å². The Morgan fingerprint density at radius 1 is 1.45 bits per heavy atom. The van der Waals surface area contributed by atoms with Crippen LogP contribution in [0.4, 0.5) is 5.69 Å². The fourth-order valence-corrected chi connectivity index (χ4v) is 3.89. The van der Waals surface area contributed by atoms with Crippen LogP contribution in [0.15, 0.2) is 27.6 Å². The average Bonchev–Trinajstić information content (AvgIpc) is 2.73. The molecule has 0 saturated carbocycles. The zero-order valence-corrected chi connectivity index (χ0v) is 14.2. The maximum absolute atomic E-state index is 6.01. The van der Waals surface area contributed by atoms with Gasteiger partial charge < -0.3 is 10.5 Å². The largest absolute Gasteiger partial charge is 0.497 e. The van der Waals surface area contributed by atoms with Crippen molar-refractivity contribution in [1.82, 2.24) is 9.78 Å². The summed E-state index contributed by atoms with van der Waals surface area (Å²) in [6.45, 7) is 2.10. The van der Waals surface area contributed by atoms with Gasteiger partial charge in [0.05, 0.1) is 23.0 Å². The Morgan fingerprint density at radius 3 is 2.80 bits per heavy atom. The van der Waals surface area contributed by atoms with Crippen LogP contribution in [0.3, 0.4) is 0 Å². The van der Waals surface area contributed by atoms with E-state index in [0.717, 1.165) is 44.4 Å². The Kier molecular flexibility index (Phi) is 4.99. The molecule has 20 heavy (non-hydrogen) atoms. The van der Waals surface area contributed by atoms with Crippen LogP contribution < -0.4 is 10.5 Å². The van der Waals surface area contributed by atoms with Crippen LogP contribution in [0.5, 0.6) is 5.75 Å². The van der Waals surface area contributed by atoms with Crippen molar-refractivity contribution < 1.29 is 4.74 Å². The molecule has 4 nitrogen and oxygen atoms in total. The van der Waals surface area contributed by atoms with Crippen molar-refractivity contribution in [1.29, 1.82) is 0 Å². The van der Waals surface area contributed by atoms with E-state index in [-0.39, 0.29) is 0 Å². The van der Waals surface area contributed by atoms with Gasteiger partial charge in [-0.15, -0.1) is 11.8 Å². The molecule has 0 aliphatic heterocycles. The number of aromatic nitrogens is 2. The van der Waals surface area contributed by atoms with Crippen molar-refractivity contribution in [2.24, 2.45) is 7.05 Å². The van der Waals surface area contributed by atoms with Crippen molar-refractivity contribution in [2.45, 2.75) is 24.0 Å². The highest BCUT2D eigenvalue weighted by Gasteiger charge is 2.13. The molecule has 2 rings (SSSR count). The van der Waals surface area contributed by atoms with Crippen molar-refractivity contribution in [3.63, 3.8) is 0 Å². The number of rotatable bonds is 5. The number of hydrogen-bond acceptors (Lipinski definition) is 4. The molecular formula is C14H18BrN3OS. The van der Waals surface area contributed by atoms with E-state index in [4.69, 9.17) is 10.5 Å². The SMILES string of the molecule is CCc1nn(C)c(CSc2cc(OC)ccc2N)c1Br. The molecule has 1 heterocycles. The molecule has 0 radical (unpaired) electrons. The zero-order valence-electron chi connectivity index (χ0n) is 11.8. The number of benzene rings is 1. The fraction of sp³-hybridized carbons (Fsp3) is 0.357. The first kappa shape index (κ1) is 15.3. The normalized spacial score (nSPS) is 10.8. The van der Waals surface area contributed by atoms with Crippen molar-refractivity contribution >= 4 is 33.4 Å².